The largest absolute Gasteiger partial charge is 0.484 e. The van der Waals surface area contributed by atoms with Crippen molar-refractivity contribution in [2.75, 3.05) is 6.61 Å². The first-order valence-corrected chi connectivity index (χ1v) is 10.8. The molecule has 33 heavy (non-hydrogen) atoms. The van der Waals surface area contributed by atoms with Crippen molar-refractivity contribution in [2.45, 2.75) is 0 Å². The van der Waals surface area contributed by atoms with Crippen molar-refractivity contribution in [3.63, 3.8) is 0 Å². The molecule has 0 aliphatic carbocycles. The molecule has 0 aliphatic rings. The van der Waals surface area contributed by atoms with Crippen LogP contribution >= 0.6 is 31.9 Å². The van der Waals surface area contributed by atoms with E-state index in [0.29, 0.717) is 8.95 Å². The molecule has 0 unspecified atom stereocenters. The summed E-state index contributed by atoms with van der Waals surface area (Å²) in [6, 6.07) is 16.5. The Morgan fingerprint density at radius 2 is 1.85 bits per heavy atom. The lowest BCUT2D eigenvalue weighted by molar-refractivity contribution is -0.114. The van der Waals surface area contributed by atoms with Gasteiger partial charge in [-0.05, 0) is 58.4 Å². The van der Waals surface area contributed by atoms with E-state index in [1.807, 2.05) is 6.07 Å². The molecule has 3 aromatic rings. The molecule has 0 atom stereocenters. The minimum absolute atomic E-state index is 0.0234. The van der Waals surface area contributed by atoms with E-state index < -0.39 is 24.2 Å². The van der Waals surface area contributed by atoms with Crippen molar-refractivity contribution in [2.24, 2.45) is 10.9 Å². The highest BCUT2D eigenvalue weighted by atomic mass is 79.9. The summed E-state index contributed by atoms with van der Waals surface area (Å²) < 4.78 is 25.3. The van der Waals surface area contributed by atoms with Crippen LogP contribution in [-0.2, 0) is 4.79 Å². The standard InChI is InChI=1S/C23H14Br2FN3O4/c24-15-9-17(21(29-28)19(30)12-32-20-7-2-1-4-14(20)11-27)22(18(25)10-15)33-23(31)13-5-3-6-16(26)8-13/h1-10H,12,28H2. The number of nitrogens with zero attached hydrogens (tertiary/aromatic N) is 2. The Bertz CT molecular complexity index is 1310. The van der Waals surface area contributed by atoms with Crippen LogP contribution in [-0.4, -0.2) is 24.1 Å². The summed E-state index contributed by atoms with van der Waals surface area (Å²) in [5, 5.41) is 12.7. The highest BCUT2D eigenvalue weighted by Crippen LogP contribution is 2.34. The molecule has 2 N–H and O–H groups in total. The maximum Gasteiger partial charge on any atom is 0.343 e. The quantitative estimate of drug-likeness (QED) is 0.143. The van der Waals surface area contributed by atoms with Gasteiger partial charge in [0, 0.05) is 4.47 Å². The number of nitriles is 1. The third-order valence-corrected chi connectivity index (χ3v) is 5.32. The van der Waals surface area contributed by atoms with E-state index in [2.05, 4.69) is 37.0 Å². The minimum atomic E-state index is -0.846. The second-order valence-corrected chi connectivity index (χ2v) is 8.23. The first-order chi connectivity index (χ1) is 15.8. The van der Waals surface area contributed by atoms with Gasteiger partial charge in [-0.1, -0.05) is 34.1 Å². The Kier molecular flexibility index (Phi) is 7.92. The summed E-state index contributed by atoms with van der Waals surface area (Å²) in [5.74, 6) is 3.61. The van der Waals surface area contributed by atoms with Gasteiger partial charge in [-0.15, -0.1) is 0 Å². The third kappa shape index (κ3) is 5.83. The van der Waals surface area contributed by atoms with Gasteiger partial charge in [0.05, 0.1) is 21.2 Å². The number of carbonyl (C=O) groups is 2. The number of Topliss-reactive ketones (excluding diaryl/α,β-unsaturated/α-hetero) is 1. The van der Waals surface area contributed by atoms with Crippen LogP contribution < -0.4 is 15.3 Å². The predicted molar refractivity (Wildman–Crippen MR) is 126 cm³/mol. The third-order valence-electron chi connectivity index (χ3n) is 4.28. The number of hydrogen-bond donors (Lipinski definition) is 1. The number of rotatable bonds is 7. The van der Waals surface area contributed by atoms with Crippen LogP contribution in [0.2, 0.25) is 0 Å². The highest BCUT2D eigenvalue weighted by Gasteiger charge is 2.24. The first kappa shape index (κ1) is 24.1. The average Bonchev–Trinajstić information content (AvgIpc) is 2.80. The molecular weight excluding hydrogens is 561 g/mol. The molecule has 166 valence electrons. The number of hydrogen-bond acceptors (Lipinski definition) is 7. The molecule has 0 spiro atoms. The molecule has 0 heterocycles. The molecule has 3 aromatic carbocycles. The molecular formula is C23H14Br2FN3O4. The van der Waals surface area contributed by atoms with Gasteiger partial charge >= 0.3 is 5.97 Å². The van der Waals surface area contributed by atoms with E-state index in [9.17, 15) is 14.0 Å². The van der Waals surface area contributed by atoms with Crippen LogP contribution in [0.25, 0.3) is 0 Å². The number of para-hydroxylation sites is 1. The van der Waals surface area contributed by atoms with E-state index in [1.165, 1.54) is 24.3 Å². The van der Waals surface area contributed by atoms with Gasteiger partial charge in [-0.3, -0.25) is 4.79 Å². The Morgan fingerprint density at radius 3 is 2.55 bits per heavy atom. The topological polar surface area (TPSA) is 115 Å². The second kappa shape index (κ2) is 10.8. The fourth-order valence-electron chi connectivity index (χ4n) is 2.80. The number of ketones is 1. The Hall–Kier alpha value is -3.55. The maximum absolute atomic E-state index is 13.5. The van der Waals surface area contributed by atoms with Crippen molar-refractivity contribution in [1.82, 2.24) is 0 Å². The molecule has 0 amide bonds. The van der Waals surface area contributed by atoms with Crippen LogP contribution in [0.3, 0.4) is 0 Å². The zero-order valence-corrected chi connectivity index (χ0v) is 19.9. The number of carbonyl (C=O) groups excluding carboxylic acids is 2. The van der Waals surface area contributed by atoms with Crippen molar-refractivity contribution in [1.29, 1.82) is 5.26 Å². The zero-order valence-electron chi connectivity index (χ0n) is 16.7. The van der Waals surface area contributed by atoms with E-state index >= 15 is 0 Å². The molecule has 0 radical (unpaired) electrons. The summed E-state index contributed by atoms with van der Waals surface area (Å²) >= 11 is 6.61. The summed E-state index contributed by atoms with van der Waals surface area (Å²) in [7, 11) is 0. The molecule has 10 heteroatoms. The molecule has 3 rings (SSSR count). The van der Waals surface area contributed by atoms with Gasteiger partial charge in [-0.2, -0.15) is 10.4 Å². The van der Waals surface area contributed by atoms with E-state index in [0.717, 1.165) is 6.07 Å². The van der Waals surface area contributed by atoms with Crippen molar-refractivity contribution in [3.8, 4) is 17.6 Å². The fraction of sp³-hybridized carbons (Fsp3) is 0.0435. The van der Waals surface area contributed by atoms with Crippen molar-refractivity contribution < 1.29 is 23.5 Å². The SMILES string of the molecule is N#Cc1ccccc1OCC(=O)C(=NN)c1cc(Br)cc(Br)c1OC(=O)c1cccc(F)c1. The normalized spacial score (nSPS) is 10.9. The summed E-state index contributed by atoms with van der Waals surface area (Å²) in [6.07, 6.45) is 0. The number of halogens is 3. The lowest BCUT2D eigenvalue weighted by Gasteiger charge is -2.14. The Labute approximate surface area is 204 Å². The van der Waals surface area contributed by atoms with E-state index in [4.69, 9.17) is 20.6 Å². The zero-order chi connectivity index (χ0) is 24.0. The molecule has 0 fully saturated rings. The second-order valence-electron chi connectivity index (χ2n) is 6.46. The summed E-state index contributed by atoms with van der Waals surface area (Å²) in [6.45, 7) is -0.476. The smallest absolute Gasteiger partial charge is 0.343 e. The molecule has 0 aliphatic heterocycles. The molecule has 0 saturated carbocycles. The maximum atomic E-state index is 13.5. The van der Waals surface area contributed by atoms with Gasteiger partial charge < -0.3 is 15.3 Å². The van der Waals surface area contributed by atoms with Crippen LogP contribution in [0.15, 0.2) is 74.7 Å². The molecule has 0 saturated heterocycles. The summed E-state index contributed by atoms with van der Waals surface area (Å²) in [4.78, 5) is 25.5. The predicted octanol–water partition coefficient (Wildman–Crippen LogP) is 4.75. The van der Waals surface area contributed by atoms with Crippen LogP contribution in [0.4, 0.5) is 4.39 Å². The number of ether oxygens (including phenoxy) is 2. The minimum Gasteiger partial charge on any atom is -0.484 e. The molecule has 0 aromatic heterocycles. The average molecular weight is 575 g/mol. The van der Waals surface area contributed by atoms with Crippen LogP contribution in [0.5, 0.6) is 11.5 Å². The summed E-state index contributed by atoms with van der Waals surface area (Å²) in [5.41, 5.74) is 0.107. The van der Waals surface area contributed by atoms with Gasteiger partial charge in [0.1, 0.15) is 23.3 Å². The van der Waals surface area contributed by atoms with Crippen LogP contribution in [0, 0.1) is 17.1 Å². The highest BCUT2D eigenvalue weighted by molar-refractivity contribution is 9.11. The molecule has 7 nitrogen and oxygen atoms in total. The van der Waals surface area contributed by atoms with Gasteiger partial charge in [0.25, 0.3) is 0 Å². The number of benzene rings is 3. The fourth-order valence-corrected chi connectivity index (χ4v) is 4.10. The monoisotopic (exact) mass is 573 g/mol. The van der Waals surface area contributed by atoms with Crippen molar-refractivity contribution in [3.05, 3.63) is 92.1 Å². The van der Waals surface area contributed by atoms with Gasteiger partial charge in [0.15, 0.2) is 12.4 Å². The van der Waals surface area contributed by atoms with Gasteiger partial charge in [0.2, 0.25) is 5.78 Å². The Balaban J connectivity index is 1.90. The lowest BCUT2D eigenvalue weighted by Crippen LogP contribution is -2.25. The Morgan fingerprint density at radius 1 is 1.09 bits per heavy atom. The number of esters is 1. The van der Waals surface area contributed by atoms with Crippen molar-refractivity contribution >= 4 is 49.3 Å². The van der Waals surface area contributed by atoms with E-state index in [1.54, 1.807) is 30.3 Å². The number of nitrogens with two attached hydrogens (primary N) is 1. The first-order valence-electron chi connectivity index (χ1n) is 9.24. The number of hydrazone groups is 1. The van der Waals surface area contributed by atoms with E-state index in [-0.39, 0.29) is 33.9 Å². The van der Waals surface area contributed by atoms with Gasteiger partial charge in [-0.25, -0.2) is 9.18 Å². The molecule has 0 bridgehead atoms. The van der Waals surface area contributed by atoms with Crippen LogP contribution in [0.1, 0.15) is 21.5 Å². The lowest BCUT2D eigenvalue weighted by atomic mass is 10.1.